The molecule has 2 heterocycles. The summed E-state index contributed by atoms with van der Waals surface area (Å²) in [7, 11) is 0. The van der Waals surface area contributed by atoms with Crippen LogP contribution < -0.4 is 5.84 Å². The zero-order chi connectivity index (χ0) is 18.8. The van der Waals surface area contributed by atoms with Gasteiger partial charge in [-0.1, -0.05) is 35.5 Å². The Hall–Kier alpha value is -2.84. The van der Waals surface area contributed by atoms with Crippen molar-refractivity contribution in [1.29, 1.82) is 0 Å². The number of aromatic nitrogens is 4. The third-order valence-electron chi connectivity index (χ3n) is 3.75. The molecule has 0 aliphatic rings. The van der Waals surface area contributed by atoms with E-state index in [2.05, 4.69) is 15.2 Å². The first-order valence-corrected chi connectivity index (χ1v) is 9.26. The number of oxazole rings is 1. The predicted molar refractivity (Wildman–Crippen MR) is 102 cm³/mol. The van der Waals surface area contributed by atoms with Crippen LogP contribution in [0.3, 0.4) is 0 Å². The van der Waals surface area contributed by atoms with Crippen molar-refractivity contribution in [2.24, 2.45) is 0 Å². The summed E-state index contributed by atoms with van der Waals surface area (Å²) in [4.78, 5) is 4.27. The van der Waals surface area contributed by atoms with Gasteiger partial charge in [0.2, 0.25) is 11.0 Å². The second-order valence-electron chi connectivity index (χ2n) is 5.60. The molecular formula is C18H13ClFN5OS. The van der Waals surface area contributed by atoms with E-state index in [-0.39, 0.29) is 5.82 Å². The number of nitrogen functional groups attached to an aromatic ring is 1. The van der Waals surface area contributed by atoms with E-state index < -0.39 is 0 Å². The van der Waals surface area contributed by atoms with Gasteiger partial charge in [0.15, 0.2) is 11.6 Å². The molecule has 0 bridgehead atoms. The highest BCUT2D eigenvalue weighted by atomic mass is 35.5. The Morgan fingerprint density at radius 1 is 1.11 bits per heavy atom. The van der Waals surface area contributed by atoms with Gasteiger partial charge >= 0.3 is 0 Å². The van der Waals surface area contributed by atoms with Gasteiger partial charge in [-0.25, -0.2) is 14.1 Å². The fourth-order valence-corrected chi connectivity index (χ4v) is 3.35. The van der Waals surface area contributed by atoms with Crippen molar-refractivity contribution >= 4 is 23.4 Å². The molecule has 2 aromatic heterocycles. The minimum Gasteiger partial charge on any atom is -0.440 e. The topological polar surface area (TPSA) is 82.8 Å². The molecule has 6 nitrogen and oxygen atoms in total. The van der Waals surface area contributed by atoms with Crippen LogP contribution in [0, 0.1) is 5.82 Å². The molecule has 0 spiro atoms. The van der Waals surface area contributed by atoms with Crippen LogP contribution >= 0.6 is 23.4 Å². The summed E-state index contributed by atoms with van der Waals surface area (Å²) in [6, 6.07) is 13.2. The molecule has 0 saturated carbocycles. The van der Waals surface area contributed by atoms with Gasteiger partial charge in [-0.05, 0) is 36.4 Å². The van der Waals surface area contributed by atoms with Crippen molar-refractivity contribution in [2.75, 3.05) is 5.84 Å². The van der Waals surface area contributed by atoms with Crippen molar-refractivity contribution < 1.29 is 8.81 Å². The van der Waals surface area contributed by atoms with Gasteiger partial charge in [0.05, 0.1) is 11.9 Å². The van der Waals surface area contributed by atoms with E-state index >= 15 is 0 Å². The number of hydrogen-bond acceptors (Lipinski definition) is 6. The molecule has 9 heteroatoms. The number of benzene rings is 2. The Morgan fingerprint density at radius 2 is 1.93 bits per heavy atom. The maximum absolute atomic E-state index is 13.1. The third-order valence-corrected chi connectivity index (χ3v) is 4.92. The standard InChI is InChI=1S/C18H13ClFN5OS/c19-13-3-1-2-12(8-13)15-9-22-16(26-15)10-27-18-24-23-17(25(18)21)11-4-6-14(20)7-5-11/h1-9H,10,21H2. The molecule has 0 aliphatic carbocycles. The van der Waals surface area contributed by atoms with E-state index in [4.69, 9.17) is 21.9 Å². The van der Waals surface area contributed by atoms with E-state index in [1.54, 1.807) is 24.4 Å². The Bertz CT molecular complexity index is 1080. The summed E-state index contributed by atoms with van der Waals surface area (Å²) in [5.74, 6) is 7.78. The lowest BCUT2D eigenvalue weighted by atomic mass is 10.2. The molecule has 4 rings (SSSR count). The van der Waals surface area contributed by atoms with Gasteiger partial charge in [-0.2, -0.15) is 0 Å². The Morgan fingerprint density at radius 3 is 2.70 bits per heavy atom. The van der Waals surface area contributed by atoms with Gasteiger partial charge in [0, 0.05) is 16.1 Å². The van der Waals surface area contributed by atoms with Crippen LogP contribution in [0.5, 0.6) is 0 Å². The lowest BCUT2D eigenvalue weighted by molar-refractivity contribution is 0.529. The van der Waals surface area contributed by atoms with E-state index in [0.717, 1.165) is 5.56 Å². The molecule has 0 atom stereocenters. The van der Waals surface area contributed by atoms with Gasteiger partial charge in [-0.15, -0.1) is 10.2 Å². The van der Waals surface area contributed by atoms with Crippen LogP contribution in [-0.2, 0) is 5.75 Å². The van der Waals surface area contributed by atoms with Crippen LogP contribution in [0.2, 0.25) is 5.02 Å². The lowest BCUT2D eigenvalue weighted by Gasteiger charge is -2.03. The Balaban J connectivity index is 1.47. The maximum atomic E-state index is 13.1. The summed E-state index contributed by atoms with van der Waals surface area (Å²) < 4.78 is 20.2. The van der Waals surface area contributed by atoms with Crippen LogP contribution in [0.15, 0.2) is 64.3 Å². The number of nitrogens with two attached hydrogens (primary N) is 1. The van der Waals surface area contributed by atoms with Crippen molar-refractivity contribution in [3.63, 3.8) is 0 Å². The Labute approximate surface area is 163 Å². The molecule has 0 saturated heterocycles. The quantitative estimate of drug-likeness (QED) is 0.394. The molecule has 2 aromatic carbocycles. The SMILES string of the molecule is Nn1c(SCc2ncc(-c3cccc(Cl)c3)o2)nnc1-c1ccc(F)cc1. The van der Waals surface area contributed by atoms with Crippen LogP contribution in [0.1, 0.15) is 5.89 Å². The first kappa shape index (κ1) is 17.6. The van der Waals surface area contributed by atoms with Gasteiger partial charge in [0.25, 0.3) is 0 Å². The van der Waals surface area contributed by atoms with Gasteiger partial charge in [0.1, 0.15) is 5.82 Å². The van der Waals surface area contributed by atoms with E-state index in [9.17, 15) is 4.39 Å². The smallest absolute Gasteiger partial charge is 0.210 e. The minimum atomic E-state index is -0.323. The van der Waals surface area contributed by atoms with Crippen molar-refractivity contribution in [3.05, 3.63) is 71.5 Å². The number of nitrogens with zero attached hydrogens (tertiary/aromatic N) is 4. The van der Waals surface area contributed by atoms with E-state index in [1.807, 2.05) is 18.2 Å². The summed E-state index contributed by atoms with van der Waals surface area (Å²) >= 11 is 7.34. The zero-order valence-corrected chi connectivity index (χ0v) is 15.4. The normalized spacial score (nSPS) is 11.0. The molecule has 0 aliphatic heterocycles. The summed E-state index contributed by atoms with van der Waals surface area (Å²) in [5, 5.41) is 9.27. The summed E-state index contributed by atoms with van der Waals surface area (Å²) in [5.41, 5.74) is 1.53. The molecule has 136 valence electrons. The molecule has 0 amide bonds. The van der Waals surface area contributed by atoms with Gasteiger partial charge in [-0.3, -0.25) is 0 Å². The highest BCUT2D eigenvalue weighted by molar-refractivity contribution is 7.98. The average molecular weight is 402 g/mol. The lowest BCUT2D eigenvalue weighted by Crippen LogP contribution is -2.11. The molecular weight excluding hydrogens is 389 g/mol. The first-order chi connectivity index (χ1) is 13.1. The van der Waals surface area contributed by atoms with Gasteiger partial charge < -0.3 is 10.3 Å². The fourth-order valence-electron chi connectivity index (χ4n) is 2.45. The zero-order valence-electron chi connectivity index (χ0n) is 13.8. The third kappa shape index (κ3) is 3.81. The van der Waals surface area contributed by atoms with Crippen LogP contribution in [0.25, 0.3) is 22.7 Å². The van der Waals surface area contributed by atoms with Crippen LogP contribution in [-0.4, -0.2) is 19.9 Å². The highest BCUT2D eigenvalue weighted by Gasteiger charge is 2.14. The fraction of sp³-hybridized carbons (Fsp3) is 0.0556. The number of rotatable bonds is 5. The monoisotopic (exact) mass is 401 g/mol. The van der Waals surface area contributed by atoms with Crippen LogP contribution in [0.4, 0.5) is 4.39 Å². The predicted octanol–water partition coefficient (Wildman–Crippen LogP) is 4.40. The van der Waals surface area contributed by atoms with Crippen molar-refractivity contribution in [1.82, 2.24) is 19.9 Å². The number of thioether (sulfide) groups is 1. The highest BCUT2D eigenvalue weighted by Crippen LogP contribution is 2.27. The average Bonchev–Trinajstić information content (AvgIpc) is 3.28. The first-order valence-electron chi connectivity index (χ1n) is 7.90. The minimum absolute atomic E-state index is 0.323. The molecule has 0 fully saturated rings. The number of hydrogen-bond donors (Lipinski definition) is 1. The maximum Gasteiger partial charge on any atom is 0.210 e. The molecule has 4 aromatic rings. The largest absolute Gasteiger partial charge is 0.440 e. The summed E-state index contributed by atoms with van der Waals surface area (Å²) in [6.45, 7) is 0. The molecule has 0 unspecified atom stereocenters. The molecule has 0 radical (unpaired) electrons. The second kappa shape index (κ2) is 7.42. The number of halogens is 2. The second-order valence-corrected chi connectivity index (χ2v) is 6.98. The molecule has 2 N–H and O–H groups in total. The van der Waals surface area contributed by atoms with Crippen molar-refractivity contribution in [3.8, 4) is 22.7 Å². The van der Waals surface area contributed by atoms with Crippen molar-refractivity contribution in [2.45, 2.75) is 10.9 Å². The van der Waals surface area contributed by atoms with E-state index in [0.29, 0.717) is 39.0 Å². The summed E-state index contributed by atoms with van der Waals surface area (Å²) in [6.07, 6.45) is 1.65. The van der Waals surface area contributed by atoms with E-state index in [1.165, 1.54) is 28.6 Å². The Kier molecular flexibility index (Phi) is 4.83. The molecule has 27 heavy (non-hydrogen) atoms.